The van der Waals surface area contributed by atoms with Crippen molar-refractivity contribution >= 4 is 5.69 Å². The van der Waals surface area contributed by atoms with Crippen LogP contribution in [-0.2, 0) is 12.8 Å². The first-order chi connectivity index (χ1) is 9.10. The van der Waals surface area contributed by atoms with Gasteiger partial charge < -0.3 is 5.21 Å². The molecular formula is C14H18N2O3. The van der Waals surface area contributed by atoms with E-state index in [1.54, 1.807) is 18.2 Å². The molecule has 102 valence electrons. The number of nitro groups is 1. The summed E-state index contributed by atoms with van der Waals surface area (Å²) in [5.41, 5.74) is 4.33. The van der Waals surface area contributed by atoms with Gasteiger partial charge in [-0.25, -0.2) is 0 Å². The number of aryl methyl sites for hydroxylation is 2. The molecule has 5 heteroatoms. The molecule has 0 radical (unpaired) electrons. The van der Waals surface area contributed by atoms with E-state index in [9.17, 15) is 15.3 Å². The van der Waals surface area contributed by atoms with E-state index in [0.717, 1.165) is 36.8 Å². The maximum absolute atomic E-state index is 10.8. The highest BCUT2D eigenvalue weighted by Crippen LogP contribution is 2.31. The van der Waals surface area contributed by atoms with Crippen LogP contribution in [0.25, 0.3) is 0 Å². The number of nitrogens with one attached hydrogen (secondary N) is 1. The summed E-state index contributed by atoms with van der Waals surface area (Å²) in [7, 11) is 0. The average molecular weight is 262 g/mol. The molecule has 1 atom stereocenters. The molecule has 0 amide bonds. The summed E-state index contributed by atoms with van der Waals surface area (Å²) < 4.78 is 0. The number of non-ortho nitro benzene ring substituents is 1. The summed E-state index contributed by atoms with van der Waals surface area (Å²) in [6.45, 7) is 3.72. The second kappa shape index (κ2) is 5.50. The van der Waals surface area contributed by atoms with Gasteiger partial charge in [0.2, 0.25) is 0 Å². The number of hydrogen-bond donors (Lipinski definition) is 2. The van der Waals surface area contributed by atoms with Crippen molar-refractivity contribution in [3.05, 3.63) is 52.1 Å². The van der Waals surface area contributed by atoms with Crippen molar-refractivity contribution in [1.29, 1.82) is 0 Å². The molecule has 1 aliphatic carbocycles. The third-order valence-electron chi connectivity index (χ3n) is 3.92. The van der Waals surface area contributed by atoms with Crippen LogP contribution in [0.3, 0.4) is 0 Å². The molecule has 0 spiro atoms. The molecule has 5 nitrogen and oxygen atoms in total. The van der Waals surface area contributed by atoms with Gasteiger partial charge in [-0.05, 0) is 43.2 Å². The number of benzene rings is 1. The molecule has 1 aliphatic rings. The van der Waals surface area contributed by atoms with E-state index >= 15 is 0 Å². The van der Waals surface area contributed by atoms with Gasteiger partial charge in [0, 0.05) is 17.7 Å². The number of rotatable bonds is 4. The fourth-order valence-corrected chi connectivity index (χ4v) is 2.71. The van der Waals surface area contributed by atoms with Crippen molar-refractivity contribution in [2.45, 2.75) is 37.6 Å². The predicted octanol–water partition coefficient (Wildman–Crippen LogP) is 2.77. The van der Waals surface area contributed by atoms with Crippen LogP contribution < -0.4 is 5.48 Å². The molecule has 0 saturated heterocycles. The van der Waals surface area contributed by atoms with E-state index in [2.05, 4.69) is 12.1 Å². The van der Waals surface area contributed by atoms with E-state index in [1.807, 2.05) is 6.07 Å². The molecule has 0 aromatic heterocycles. The van der Waals surface area contributed by atoms with E-state index in [1.165, 1.54) is 0 Å². The zero-order valence-corrected chi connectivity index (χ0v) is 10.8. The standard InChI is InChI=1S/C14H18N2O3/c1-2-7-14(15-17)8-5-11-3-4-13(16(18)19)10-12(11)6-9-14/h2-4,10,15,17H,1,5-9H2. The molecule has 0 heterocycles. The molecular weight excluding hydrogens is 244 g/mol. The van der Waals surface area contributed by atoms with Gasteiger partial charge in [0.25, 0.3) is 5.69 Å². The molecule has 0 aliphatic heterocycles. The molecule has 1 aromatic rings. The van der Waals surface area contributed by atoms with Crippen LogP contribution in [0.4, 0.5) is 5.69 Å². The second-order valence-electron chi connectivity index (χ2n) is 5.10. The first-order valence-electron chi connectivity index (χ1n) is 6.38. The highest BCUT2D eigenvalue weighted by Gasteiger charge is 2.31. The van der Waals surface area contributed by atoms with Gasteiger partial charge in [0.15, 0.2) is 0 Å². The van der Waals surface area contributed by atoms with Crippen molar-refractivity contribution in [2.75, 3.05) is 0 Å². The average Bonchev–Trinajstić information content (AvgIpc) is 2.59. The summed E-state index contributed by atoms with van der Waals surface area (Å²) in [6.07, 6.45) is 5.53. The summed E-state index contributed by atoms with van der Waals surface area (Å²) in [5.74, 6) is 0. The quantitative estimate of drug-likeness (QED) is 0.378. The molecule has 0 saturated carbocycles. The predicted molar refractivity (Wildman–Crippen MR) is 72.2 cm³/mol. The van der Waals surface area contributed by atoms with Crippen LogP contribution in [0.1, 0.15) is 30.4 Å². The highest BCUT2D eigenvalue weighted by molar-refractivity contribution is 5.41. The minimum atomic E-state index is -0.369. The van der Waals surface area contributed by atoms with Crippen LogP contribution >= 0.6 is 0 Å². The molecule has 19 heavy (non-hydrogen) atoms. The fraction of sp³-hybridized carbons (Fsp3) is 0.429. The first-order valence-corrected chi connectivity index (χ1v) is 6.38. The lowest BCUT2D eigenvalue weighted by Gasteiger charge is -2.29. The van der Waals surface area contributed by atoms with Gasteiger partial charge in [-0.15, -0.1) is 6.58 Å². The lowest BCUT2D eigenvalue weighted by molar-refractivity contribution is -0.384. The Morgan fingerprint density at radius 3 is 2.68 bits per heavy atom. The van der Waals surface area contributed by atoms with Gasteiger partial charge >= 0.3 is 0 Å². The van der Waals surface area contributed by atoms with Crippen molar-refractivity contribution in [3.63, 3.8) is 0 Å². The molecule has 2 rings (SSSR count). The zero-order valence-electron chi connectivity index (χ0n) is 10.8. The number of nitro benzene ring substituents is 1. The Balaban J connectivity index is 2.26. The van der Waals surface area contributed by atoms with Gasteiger partial charge in [0.1, 0.15) is 0 Å². The first kappa shape index (κ1) is 13.7. The van der Waals surface area contributed by atoms with Gasteiger partial charge in [-0.2, -0.15) is 5.48 Å². The van der Waals surface area contributed by atoms with Gasteiger partial charge in [0.05, 0.1) is 4.92 Å². The number of hydroxylamine groups is 1. The third-order valence-corrected chi connectivity index (χ3v) is 3.92. The Morgan fingerprint density at radius 1 is 1.42 bits per heavy atom. The smallest absolute Gasteiger partial charge is 0.269 e. The van der Waals surface area contributed by atoms with Crippen LogP contribution in [0, 0.1) is 10.1 Å². The molecule has 1 aromatic carbocycles. The van der Waals surface area contributed by atoms with E-state index in [-0.39, 0.29) is 16.1 Å². The summed E-state index contributed by atoms with van der Waals surface area (Å²) in [6, 6.07) is 5.03. The third kappa shape index (κ3) is 2.83. The minimum absolute atomic E-state index is 0.131. The SMILES string of the molecule is C=CCC1(NO)CCc2ccc([N+](=O)[O-])cc2CC1. The van der Waals surface area contributed by atoms with Crippen LogP contribution in [0.5, 0.6) is 0 Å². The topological polar surface area (TPSA) is 75.4 Å². The molecule has 2 N–H and O–H groups in total. The highest BCUT2D eigenvalue weighted by atomic mass is 16.6. The fourth-order valence-electron chi connectivity index (χ4n) is 2.71. The summed E-state index contributed by atoms with van der Waals surface area (Å²) in [4.78, 5) is 10.4. The minimum Gasteiger partial charge on any atom is -0.316 e. The Labute approximate surface area is 112 Å². The Morgan fingerprint density at radius 2 is 2.11 bits per heavy atom. The second-order valence-corrected chi connectivity index (χ2v) is 5.10. The van der Waals surface area contributed by atoms with E-state index in [0.29, 0.717) is 6.42 Å². The lowest BCUT2D eigenvalue weighted by atomic mass is 9.87. The largest absolute Gasteiger partial charge is 0.316 e. The van der Waals surface area contributed by atoms with Crippen molar-refractivity contribution in [2.24, 2.45) is 0 Å². The molecule has 1 unspecified atom stereocenters. The Kier molecular flexibility index (Phi) is 3.97. The van der Waals surface area contributed by atoms with Crippen molar-refractivity contribution < 1.29 is 10.1 Å². The van der Waals surface area contributed by atoms with Crippen molar-refractivity contribution in [1.82, 2.24) is 5.48 Å². The Hall–Kier alpha value is -1.72. The normalized spacial score (nSPS) is 22.4. The lowest BCUT2D eigenvalue weighted by Crippen LogP contribution is -2.43. The zero-order chi connectivity index (χ0) is 13.9. The molecule has 0 fully saturated rings. The summed E-state index contributed by atoms with van der Waals surface area (Å²) in [5, 5.41) is 20.2. The van der Waals surface area contributed by atoms with Crippen LogP contribution in [-0.4, -0.2) is 15.7 Å². The maximum Gasteiger partial charge on any atom is 0.269 e. The van der Waals surface area contributed by atoms with Gasteiger partial charge in [-0.3, -0.25) is 10.1 Å². The van der Waals surface area contributed by atoms with Crippen LogP contribution in [0.2, 0.25) is 0 Å². The monoisotopic (exact) mass is 262 g/mol. The van der Waals surface area contributed by atoms with Gasteiger partial charge in [-0.1, -0.05) is 12.1 Å². The number of fused-ring (bicyclic) bond motifs is 1. The van der Waals surface area contributed by atoms with Crippen LogP contribution in [0.15, 0.2) is 30.9 Å². The number of nitrogens with zero attached hydrogens (tertiary/aromatic N) is 1. The number of hydrogen-bond acceptors (Lipinski definition) is 4. The van der Waals surface area contributed by atoms with E-state index in [4.69, 9.17) is 0 Å². The van der Waals surface area contributed by atoms with E-state index < -0.39 is 0 Å². The Bertz CT molecular complexity index is 501. The van der Waals surface area contributed by atoms with Crippen molar-refractivity contribution in [3.8, 4) is 0 Å². The maximum atomic E-state index is 10.8. The summed E-state index contributed by atoms with van der Waals surface area (Å²) >= 11 is 0. The molecule has 0 bridgehead atoms.